The van der Waals surface area contributed by atoms with Crippen molar-refractivity contribution in [3.8, 4) is 16.9 Å². The number of aromatic nitrogens is 3. The van der Waals surface area contributed by atoms with Gasteiger partial charge in [0.15, 0.2) is 0 Å². The Morgan fingerprint density at radius 3 is 2.52 bits per heavy atom. The summed E-state index contributed by atoms with van der Waals surface area (Å²) in [5.74, 6) is 0.721. The second-order valence-corrected chi connectivity index (χ2v) is 11.3. The number of fused-ring (bicyclic) bond motifs is 1. The molecule has 0 spiro atoms. The number of β-amino-alcohol motifs (C(OH)–C–C–N with tert-alkyl or cyclic N) is 1. The number of piperazine rings is 1. The van der Waals surface area contributed by atoms with E-state index in [-0.39, 0.29) is 6.61 Å². The smallest absolute Gasteiger partial charge is 0.416 e. The molecule has 0 saturated carbocycles. The molecule has 4 aromatic rings. The largest absolute Gasteiger partial charge is 0.491 e. The number of aliphatic hydroxyl groups is 1. The van der Waals surface area contributed by atoms with Crippen LogP contribution in [0.5, 0.6) is 5.75 Å². The summed E-state index contributed by atoms with van der Waals surface area (Å²) in [6.07, 6.45) is -0.508. The third-order valence-corrected chi connectivity index (χ3v) is 8.26. The van der Waals surface area contributed by atoms with Crippen LogP contribution in [0.25, 0.3) is 21.3 Å². The normalized spacial score (nSPS) is 16.0. The Hall–Kier alpha value is -2.99. The number of hydrogen-bond donors (Lipinski definition) is 2. The SMILES string of the molecule is CCCc1nc2cc(OC[C@H](O)CN3CCN(CCc4[nH]ncc4-c4ccc(C(F)(F)F)cc4)CC3)ccc2s1. The van der Waals surface area contributed by atoms with Crippen molar-refractivity contribution in [2.24, 2.45) is 0 Å². The lowest BCUT2D eigenvalue weighted by molar-refractivity contribution is -0.137. The molecule has 1 aliphatic rings. The lowest BCUT2D eigenvalue weighted by Gasteiger charge is -2.35. The zero-order valence-electron chi connectivity index (χ0n) is 22.5. The van der Waals surface area contributed by atoms with Gasteiger partial charge in [0.2, 0.25) is 0 Å². The topological polar surface area (TPSA) is 77.5 Å². The fourth-order valence-corrected chi connectivity index (χ4v) is 6.01. The first-order valence-electron chi connectivity index (χ1n) is 13.6. The number of alkyl halides is 3. The Bertz CT molecular complexity index is 1380. The van der Waals surface area contributed by atoms with Crippen molar-refractivity contribution in [1.82, 2.24) is 25.0 Å². The number of halogens is 3. The van der Waals surface area contributed by atoms with Gasteiger partial charge in [0, 0.05) is 63.0 Å². The van der Waals surface area contributed by atoms with Crippen molar-refractivity contribution in [3.05, 3.63) is 64.9 Å². The highest BCUT2D eigenvalue weighted by Crippen LogP contribution is 2.32. The summed E-state index contributed by atoms with van der Waals surface area (Å²) in [5.41, 5.74) is 2.73. The van der Waals surface area contributed by atoms with Crippen LogP contribution in [0.2, 0.25) is 0 Å². The van der Waals surface area contributed by atoms with E-state index in [2.05, 4.69) is 31.9 Å². The summed E-state index contributed by atoms with van der Waals surface area (Å²) < 4.78 is 45.7. The van der Waals surface area contributed by atoms with E-state index >= 15 is 0 Å². The number of benzene rings is 2. The van der Waals surface area contributed by atoms with E-state index in [1.54, 1.807) is 17.5 Å². The molecule has 1 saturated heterocycles. The molecule has 5 rings (SSSR count). The van der Waals surface area contributed by atoms with E-state index in [0.29, 0.717) is 12.1 Å². The first-order chi connectivity index (χ1) is 19.3. The zero-order valence-corrected chi connectivity index (χ0v) is 23.3. The standard InChI is InChI=1S/C29H34F3N5O2S/c1-2-3-28-34-26-16-23(8-9-27(26)40-28)39-19-22(38)18-37-14-12-36(13-15-37)11-10-25-24(17-33-35-25)20-4-6-21(7-5-20)29(30,31)32/h4-9,16-17,22,38H,2-3,10-15,18-19H2,1H3,(H,33,35)/t22-/m1/s1. The Kier molecular flexibility index (Phi) is 9.04. The third kappa shape index (κ3) is 7.20. The molecule has 2 aromatic heterocycles. The molecule has 214 valence electrons. The van der Waals surface area contributed by atoms with Crippen molar-refractivity contribution >= 4 is 21.6 Å². The number of aromatic amines is 1. The molecule has 0 aliphatic carbocycles. The van der Waals surface area contributed by atoms with Gasteiger partial charge in [-0.15, -0.1) is 11.3 Å². The van der Waals surface area contributed by atoms with Crippen LogP contribution in [-0.4, -0.2) is 82.1 Å². The molecule has 7 nitrogen and oxygen atoms in total. The molecule has 2 aromatic carbocycles. The highest BCUT2D eigenvalue weighted by molar-refractivity contribution is 7.18. The van der Waals surface area contributed by atoms with Crippen molar-refractivity contribution < 1.29 is 23.0 Å². The molecule has 0 amide bonds. The third-order valence-electron chi connectivity index (χ3n) is 7.16. The van der Waals surface area contributed by atoms with E-state index in [1.807, 2.05) is 18.2 Å². The number of ether oxygens (including phenoxy) is 1. The number of thiazole rings is 1. The van der Waals surface area contributed by atoms with Crippen molar-refractivity contribution in [2.75, 3.05) is 45.9 Å². The average Bonchev–Trinajstić information content (AvgIpc) is 3.57. The van der Waals surface area contributed by atoms with Crippen LogP contribution in [0.4, 0.5) is 13.2 Å². The quantitative estimate of drug-likeness (QED) is 0.255. The van der Waals surface area contributed by atoms with Crippen LogP contribution in [-0.2, 0) is 19.0 Å². The molecule has 1 fully saturated rings. The molecule has 11 heteroatoms. The van der Waals surface area contributed by atoms with Gasteiger partial charge in [0.25, 0.3) is 0 Å². The van der Waals surface area contributed by atoms with Crippen LogP contribution in [0.1, 0.15) is 29.6 Å². The minimum absolute atomic E-state index is 0.226. The van der Waals surface area contributed by atoms with Crippen LogP contribution < -0.4 is 4.74 Å². The van der Waals surface area contributed by atoms with Crippen LogP contribution in [0.15, 0.2) is 48.7 Å². The summed E-state index contributed by atoms with van der Waals surface area (Å²) in [7, 11) is 0. The van der Waals surface area contributed by atoms with Gasteiger partial charge in [-0.2, -0.15) is 18.3 Å². The lowest BCUT2D eigenvalue weighted by Crippen LogP contribution is -2.49. The van der Waals surface area contributed by atoms with Gasteiger partial charge in [0.05, 0.1) is 27.0 Å². The number of nitrogens with one attached hydrogen (secondary N) is 1. The maximum atomic E-state index is 12.9. The van der Waals surface area contributed by atoms with Gasteiger partial charge in [-0.3, -0.25) is 10.00 Å². The number of hydrogen-bond acceptors (Lipinski definition) is 7. The maximum absolute atomic E-state index is 12.9. The van der Waals surface area contributed by atoms with Gasteiger partial charge < -0.3 is 14.7 Å². The number of H-pyrrole nitrogens is 1. The Balaban J connectivity index is 1.05. The van der Waals surface area contributed by atoms with Gasteiger partial charge in [0.1, 0.15) is 18.5 Å². The molecular weight excluding hydrogens is 539 g/mol. The summed E-state index contributed by atoms with van der Waals surface area (Å²) >= 11 is 1.72. The van der Waals surface area contributed by atoms with Gasteiger partial charge in [-0.25, -0.2) is 4.98 Å². The second-order valence-electron chi connectivity index (χ2n) is 10.2. The monoisotopic (exact) mass is 573 g/mol. The summed E-state index contributed by atoms with van der Waals surface area (Å²) in [5, 5.41) is 18.8. The number of aliphatic hydroxyl groups excluding tert-OH is 1. The Morgan fingerprint density at radius 2 is 1.80 bits per heavy atom. The molecule has 0 radical (unpaired) electrons. The van der Waals surface area contributed by atoms with E-state index in [9.17, 15) is 18.3 Å². The average molecular weight is 574 g/mol. The molecule has 40 heavy (non-hydrogen) atoms. The summed E-state index contributed by atoms with van der Waals surface area (Å²) in [6.45, 7) is 7.17. The second kappa shape index (κ2) is 12.7. The predicted octanol–water partition coefficient (Wildman–Crippen LogP) is 5.26. The summed E-state index contributed by atoms with van der Waals surface area (Å²) in [6, 6.07) is 11.1. The number of nitrogens with zero attached hydrogens (tertiary/aromatic N) is 4. The minimum Gasteiger partial charge on any atom is -0.491 e. The molecule has 1 atom stereocenters. The molecule has 3 heterocycles. The highest BCUT2D eigenvalue weighted by atomic mass is 32.1. The van der Waals surface area contributed by atoms with Crippen LogP contribution in [0, 0.1) is 0 Å². The maximum Gasteiger partial charge on any atom is 0.416 e. The van der Waals surface area contributed by atoms with E-state index in [0.717, 1.165) is 96.4 Å². The number of aryl methyl sites for hydroxylation is 1. The van der Waals surface area contributed by atoms with Crippen molar-refractivity contribution in [3.63, 3.8) is 0 Å². The molecule has 0 bridgehead atoms. The van der Waals surface area contributed by atoms with Crippen molar-refractivity contribution in [1.29, 1.82) is 0 Å². The summed E-state index contributed by atoms with van der Waals surface area (Å²) in [4.78, 5) is 9.27. The molecule has 0 unspecified atom stereocenters. The van der Waals surface area contributed by atoms with Crippen molar-refractivity contribution in [2.45, 2.75) is 38.5 Å². The Morgan fingerprint density at radius 1 is 1.05 bits per heavy atom. The fourth-order valence-electron chi connectivity index (χ4n) is 4.97. The predicted molar refractivity (Wildman–Crippen MR) is 151 cm³/mol. The zero-order chi connectivity index (χ0) is 28.1. The van der Waals surface area contributed by atoms with Gasteiger partial charge in [-0.1, -0.05) is 19.1 Å². The fraction of sp³-hybridized carbons (Fsp3) is 0.448. The lowest BCUT2D eigenvalue weighted by atomic mass is 10.0. The van der Waals surface area contributed by atoms with Gasteiger partial charge in [-0.05, 0) is 42.7 Å². The van der Waals surface area contributed by atoms with Crippen LogP contribution in [0.3, 0.4) is 0 Å². The number of rotatable bonds is 11. The van der Waals surface area contributed by atoms with Gasteiger partial charge >= 0.3 is 6.18 Å². The minimum atomic E-state index is -4.35. The first-order valence-corrected chi connectivity index (χ1v) is 14.4. The van der Waals surface area contributed by atoms with Crippen LogP contribution >= 0.6 is 11.3 Å². The van der Waals surface area contributed by atoms with E-state index in [1.165, 1.54) is 12.1 Å². The Labute approximate surface area is 235 Å². The highest BCUT2D eigenvalue weighted by Gasteiger charge is 2.30. The molecular formula is C29H34F3N5O2S. The van der Waals surface area contributed by atoms with E-state index in [4.69, 9.17) is 4.74 Å². The first kappa shape index (κ1) is 28.5. The molecule has 2 N–H and O–H groups in total. The molecule has 1 aliphatic heterocycles. The van der Waals surface area contributed by atoms with E-state index < -0.39 is 17.8 Å².